The highest BCUT2D eigenvalue weighted by atomic mass is 16.5. The third kappa shape index (κ3) is 3.30. The van der Waals surface area contributed by atoms with Crippen LogP contribution < -0.4 is 5.32 Å². The zero-order valence-corrected chi connectivity index (χ0v) is 10.9. The van der Waals surface area contributed by atoms with Crippen LogP contribution in [0.1, 0.15) is 44.2 Å². The summed E-state index contributed by atoms with van der Waals surface area (Å²) in [5.41, 5.74) is 1.35. The predicted molar refractivity (Wildman–Crippen MR) is 71.0 cm³/mol. The van der Waals surface area contributed by atoms with E-state index in [1.54, 1.807) is 0 Å². The molecule has 1 N–H and O–H groups in total. The highest BCUT2D eigenvalue weighted by Crippen LogP contribution is 2.23. The average Bonchev–Trinajstić information content (AvgIpc) is 2.40. The van der Waals surface area contributed by atoms with E-state index in [0.717, 1.165) is 0 Å². The largest absolute Gasteiger partial charge is 0.380 e. The van der Waals surface area contributed by atoms with Gasteiger partial charge in [0.15, 0.2) is 0 Å². The molecular weight excluding hydrogens is 210 g/mol. The molecule has 2 nitrogen and oxygen atoms in total. The first-order valence-electron chi connectivity index (χ1n) is 6.65. The molecule has 0 amide bonds. The molecule has 1 saturated carbocycles. The molecule has 1 fully saturated rings. The van der Waals surface area contributed by atoms with Gasteiger partial charge >= 0.3 is 0 Å². The molecule has 1 aromatic carbocycles. The van der Waals surface area contributed by atoms with Crippen LogP contribution in [-0.2, 0) is 4.74 Å². The maximum Gasteiger partial charge on any atom is 0.0724 e. The van der Waals surface area contributed by atoms with Crippen molar-refractivity contribution in [1.29, 1.82) is 0 Å². The fourth-order valence-electron chi connectivity index (χ4n) is 2.73. The van der Waals surface area contributed by atoms with Gasteiger partial charge in [0.25, 0.3) is 0 Å². The van der Waals surface area contributed by atoms with E-state index >= 15 is 0 Å². The Morgan fingerprint density at radius 1 is 1.18 bits per heavy atom. The normalized spacial score (nSPS) is 26.7. The fraction of sp³-hybridized carbons (Fsp3) is 0.600. The molecule has 94 valence electrons. The van der Waals surface area contributed by atoms with Crippen molar-refractivity contribution in [2.75, 3.05) is 7.11 Å². The van der Waals surface area contributed by atoms with Crippen molar-refractivity contribution in [3.63, 3.8) is 0 Å². The van der Waals surface area contributed by atoms with Gasteiger partial charge in [-0.05, 0) is 25.3 Å². The summed E-state index contributed by atoms with van der Waals surface area (Å²) < 4.78 is 5.58. The summed E-state index contributed by atoms with van der Waals surface area (Å²) in [7, 11) is 1.83. The molecule has 17 heavy (non-hydrogen) atoms. The third-order valence-electron chi connectivity index (χ3n) is 3.77. The van der Waals surface area contributed by atoms with E-state index in [4.69, 9.17) is 4.74 Å². The first-order chi connectivity index (χ1) is 8.31. The van der Waals surface area contributed by atoms with Gasteiger partial charge in [-0.2, -0.15) is 0 Å². The summed E-state index contributed by atoms with van der Waals surface area (Å²) in [5, 5.41) is 3.71. The molecule has 3 unspecified atom stereocenters. The molecule has 0 radical (unpaired) electrons. The number of hydrogen-bond acceptors (Lipinski definition) is 2. The Bertz CT molecular complexity index is 325. The standard InChI is InChI=1S/C15H23NO/c1-12(13-8-4-3-5-9-13)16-14-10-6-7-11-15(14)17-2/h3-5,8-9,12,14-16H,6-7,10-11H2,1-2H3. The molecule has 2 heteroatoms. The Hall–Kier alpha value is -0.860. The summed E-state index contributed by atoms with van der Waals surface area (Å²) >= 11 is 0. The Morgan fingerprint density at radius 2 is 1.88 bits per heavy atom. The summed E-state index contributed by atoms with van der Waals surface area (Å²) in [5.74, 6) is 0. The predicted octanol–water partition coefficient (Wildman–Crippen LogP) is 3.29. The van der Waals surface area contributed by atoms with E-state index in [2.05, 4.69) is 42.6 Å². The molecular formula is C15H23NO. The van der Waals surface area contributed by atoms with Gasteiger partial charge < -0.3 is 10.1 Å². The Labute approximate surface area is 104 Å². The van der Waals surface area contributed by atoms with Crippen LogP contribution in [0.5, 0.6) is 0 Å². The highest BCUT2D eigenvalue weighted by Gasteiger charge is 2.25. The van der Waals surface area contributed by atoms with Crippen molar-refractivity contribution < 1.29 is 4.74 Å². The van der Waals surface area contributed by atoms with Crippen LogP contribution in [0.15, 0.2) is 30.3 Å². The lowest BCUT2D eigenvalue weighted by molar-refractivity contribution is 0.0384. The number of rotatable bonds is 4. The highest BCUT2D eigenvalue weighted by molar-refractivity contribution is 5.18. The van der Waals surface area contributed by atoms with Crippen molar-refractivity contribution in [2.24, 2.45) is 0 Å². The minimum atomic E-state index is 0.384. The van der Waals surface area contributed by atoms with Gasteiger partial charge in [-0.1, -0.05) is 43.2 Å². The number of benzene rings is 1. The van der Waals surface area contributed by atoms with E-state index in [1.165, 1.54) is 31.2 Å². The first-order valence-corrected chi connectivity index (χ1v) is 6.65. The fourth-order valence-corrected chi connectivity index (χ4v) is 2.73. The molecule has 3 atom stereocenters. The molecule has 1 aliphatic rings. The van der Waals surface area contributed by atoms with Gasteiger partial charge in [-0.3, -0.25) is 0 Å². The number of hydrogen-bond donors (Lipinski definition) is 1. The molecule has 2 rings (SSSR count). The summed E-state index contributed by atoms with van der Waals surface area (Å²) in [6, 6.07) is 11.5. The van der Waals surface area contributed by atoms with Gasteiger partial charge in [0.2, 0.25) is 0 Å². The quantitative estimate of drug-likeness (QED) is 0.861. The average molecular weight is 233 g/mol. The second-order valence-electron chi connectivity index (χ2n) is 4.96. The molecule has 0 bridgehead atoms. The van der Waals surface area contributed by atoms with E-state index in [0.29, 0.717) is 18.2 Å². The van der Waals surface area contributed by atoms with Crippen molar-refractivity contribution in [2.45, 2.75) is 50.8 Å². The molecule has 1 aromatic rings. The lowest BCUT2D eigenvalue weighted by Crippen LogP contribution is -2.44. The Balaban J connectivity index is 1.95. The Morgan fingerprint density at radius 3 is 2.59 bits per heavy atom. The zero-order valence-electron chi connectivity index (χ0n) is 10.9. The number of ether oxygens (including phenoxy) is 1. The molecule has 1 aliphatic carbocycles. The van der Waals surface area contributed by atoms with Crippen molar-refractivity contribution in [3.8, 4) is 0 Å². The molecule has 0 spiro atoms. The maximum atomic E-state index is 5.58. The van der Waals surface area contributed by atoms with Gasteiger partial charge in [0.1, 0.15) is 0 Å². The van der Waals surface area contributed by atoms with Crippen LogP contribution in [0.4, 0.5) is 0 Å². The minimum absolute atomic E-state index is 0.384. The van der Waals surface area contributed by atoms with Gasteiger partial charge in [-0.25, -0.2) is 0 Å². The van der Waals surface area contributed by atoms with Gasteiger partial charge in [0, 0.05) is 19.2 Å². The van der Waals surface area contributed by atoms with Crippen LogP contribution in [-0.4, -0.2) is 19.3 Å². The smallest absolute Gasteiger partial charge is 0.0724 e. The summed E-state index contributed by atoms with van der Waals surface area (Å²) in [6.45, 7) is 2.23. The van der Waals surface area contributed by atoms with Crippen LogP contribution >= 0.6 is 0 Å². The molecule has 0 saturated heterocycles. The van der Waals surface area contributed by atoms with Crippen LogP contribution in [0, 0.1) is 0 Å². The van der Waals surface area contributed by atoms with E-state index in [9.17, 15) is 0 Å². The topological polar surface area (TPSA) is 21.3 Å². The number of nitrogens with one attached hydrogen (secondary N) is 1. The van der Waals surface area contributed by atoms with Crippen LogP contribution in [0.3, 0.4) is 0 Å². The van der Waals surface area contributed by atoms with Crippen molar-refractivity contribution in [1.82, 2.24) is 5.32 Å². The van der Waals surface area contributed by atoms with E-state index in [1.807, 2.05) is 7.11 Å². The molecule has 0 aliphatic heterocycles. The van der Waals surface area contributed by atoms with Crippen molar-refractivity contribution in [3.05, 3.63) is 35.9 Å². The lowest BCUT2D eigenvalue weighted by atomic mass is 9.91. The van der Waals surface area contributed by atoms with E-state index < -0.39 is 0 Å². The summed E-state index contributed by atoms with van der Waals surface area (Å²) in [4.78, 5) is 0. The van der Waals surface area contributed by atoms with Crippen LogP contribution in [0.2, 0.25) is 0 Å². The first kappa shape index (κ1) is 12.6. The SMILES string of the molecule is COC1CCCCC1NC(C)c1ccccc1. The molecule has 0 aromatic heterocycles. The summed E-state index contributed by atoms with van der Waals surface area (Å²) in [6.07, 6.45) is 5.43. The second-order valence-corrected chi connectivity index (χ2v) is 4.96. The minimum Gasteiger partial charge on any atom is -0.380 e. The zero-order chi connectivity index (χ0) is 12.1. The molecule has 0 heterocycles. The Kier molecular flexibility index (Phi) is 4.57. The monoisotopic (exact) mass is 233 g/mol. The van der Waals surface area contributed by atoms with Gasteiger partial charge in [-0.15, -0.1) is 0 Å². The van der Waals surface area contributed by atoms with E-state index in [-0.39, 0.29) is 0 Å². The van der Waals surface area contributed by atoms with Crippen molar-refractivity contribution >= 4 is 0 Å². The maximum absolute atomic E-state index is 5.58. The second kappa shape index (κ2) is 6.18. The lowest BCUT2D eigenvalue weighted by Gasteiger charge is -2.33. The number of methoxy groups -OCH3 is 1. The van der Waals surface area contributed by atoms with Gasteiger partial charge in [0.05, 0.1) is 6.10 Å². The third-order valence-corrected chi connectivity index (χ3v) is 3.77. The van der Waals surface area contributed by atoms with Crippen LogP contribution in [0.25, 0.3) is 0 Å².